The third kappa shape index (κ3) is 4.52. The van der Waals surface area contributed by atoms with Crippen LogP contribution in [-0.2, 0) is 19.0 Å². The molecule has 1 heterocycles. The predicted molar refractivity (Wildman–Crippen MR) is 103 cm³/mol. The highest BCUT2D eigenvalue weighted by Crippen LogP contribution is 2.32. The maximum Gasteiger partial charge on any atom is 0.435 e. The number of carbonyl (C=O) groups is 1. The fourth-order valence-electron chi connectivity index (χ4n) is 3.51. The Balaban J connectivity index is 1.42. The Bertz CT molecular complexity index is 1090. The van der Waals surface area contributed by atoms with E-state index in [-0.39, 0.29) is 18.8 Å². The van der Waals surface area contributed by atoms with Gasteiger partial charge in [-0.15, -0.1) is 5.10 Å². The fraction of sp³-hybridized carbons (Fsp3) is 0.286. The molecule has 10 heteroatoms. The minimum atomic E-state index is -4.90. The molecule has 0 atom stereocenters. The fourth-order valence-corrected chi connectivity index (χ4v) is 3.51. The summed E-state index contributed by atoms with van der Waals surface area (Å²) in [6.07, 6.45) is -1.75. The van der Waals surface area contributed by atoms with Crippen LogP contribution in [0, 0.1) is 5.82 Å². The topological polar surface area (TPSA) is 69.0 Å². The van der Waals surface area contributed by atoms with Crippen molar-refractivity contribution in [1.82, 2.24) is 20.3 Å². The molecule has 0 bridgehead atoms. The van der Waals surface area contributed by atoms with Gasteiger partial charge < -0.3 is 10.1 Å². The number of halogens is 4. The van der Waals surface area contributed by atoms with Gasteiger partial charge in [0, 0.05) is 0 Å². The number of nitrogens with one attached hydrogen (secondary N) is 1. The second-order valence-corrected chi connectivity index (χ2v) is 7.06. The first-order chi connectivity index (χ1) is 14.8. The van der Waals surface area contributed by atoms with Crippen LogP contribution in [0.1, 0.15) is 33.7 Å². The van der Waals surface area contributed by atoms with Gasteiger partial charge in [0.25, 0.3) is 5.91 Å². The van der Waals surface area contributed by atoms with Crippen molar-refractivity contribution in [2.45, 2.75) is 25.4 Å². The number of alkyl halides is 3. The molecule has 0 unspecified atom stereocenters. The van der Waals surface area contributed by atoms with Gasteiger partial charge in [-0.3, -0.25) is 4.79 Å². The molecule has 0 saturated heterocycles. The monoisotopic (exact) mass is 434 g/mol. The number of hydrogen-bond donors (Lipinski definition) is 1. The van der Waals surface area contributed by atoms with E-state index < -0.39 is 29.3 Å². The summed E-state index contributed by atoms with van der Waals surface area (Å²) in [4.78, 5) is 12.3. The van der Waals surface area contributed by atoms with Gasteiger partial charge in [0.2, 0.25) is 0 Å². The molecule has 0 fully saturated rings. The maximum atomic E-state index is 13.6. The smallest absolute Gasteiger partial charge is 0.435 e. The first kappa shape index (κ1) is 20.8. The van der Waals surface area contributed by atoms with Crippen molar-refractivity contribution in [3.8, 4) is 11.4 Å². The number of rotatable bonds is 6. The van der Waals surface area contributed by atoms with E-state index in [9.17, 15) is 22.4 Å². The molecule has 2 aromatic carbocycles. The summed E-state index contributed by atoms with van der Waals surface area (Å²) < 4.78 is 60.0. The van der Waals surface area contributed by atoms with Crippen LogP contribution in [0.5, 0.6) is 5.75 Å². The molecular formula is C21H18F4N4O2. The SMILES string of the molecule is O=C(NCCOc1ccc2c(c1)CCC2)c1nnn(-c2ccc(F)cc2)c1C(F)(F)F. The summed E-state index contributed by atoms with van der Waals surface area (Å²) in [5.41, 5.74) is 0.254. The van der Waals surface area contributed by atoms with Gasteiger partial charge in [0.05, 0.1) is 12.2 Å². The van der Waals surface area contributed by atoms with Crippen LogP contribution in [0.25, 0.3) is 5.69 Å². The minimum absolute atomic E-state index is 0.0172. The van der Waals surface area contributed by atoms with Crippen LogP contribution in [0.4, 0.5) is 17.6 Å². The molecule has 3 aromatic rings. The van der Waals surface area contributed by atoms with Gasteiger partial charge >= 0.3 is 6.18 Å². The van der Waals surface area contributed by atoms with E-state index in [1.807, 2.05) is 18.2 Å². The van der Waals surface area contributed by atoms with Crippen molar-refractivity contribution in [3.05, 3.63) is 70.8 Å². The Kier molecular flexibility index (Phi) is 5.62. The number of aromatic nitrogens is 3. The predicted octanol–water partition coefficient (Wildman–Crippen LogP) is 3.72. The average Bonchev–Trinajstić information content (AvgIpc) is 3.38. The Morgan fingerprint density at radius 1 is 1.10 bits per heavy atom. The third-order valence-electron chi connectivity index (χ3n) is 4.95. The lowest BCUT2D eigenvalue weighted by Crippen LogP contribution is -2.30. The number of amides is 1. The molecule has 6 nitrogen and oxygen atoms in total. The molecule has 1 aliphatic carbocycles. The van der Waals surface area contributed by atoms with E-state index in [2.05, 4.69) is 15.6 Å². The van der Waals surface area contributed by atoms with Crippen molar-refractivity contribution < 1.29 is 27.1 Å². The normalized spacial score (nSPS) is 13.2. The molecule has 1 N–H and O–H groups in total. The highest BCUT2D eigenvalue weighted by molar-refractivity contribution is 5.93. The lowest BCUT2D eigenvalue weighted by molar-refractivity contribution is -0.143. The first-order valence-corrected chi connectivity index (χ1v) is 9.64. The zero-order chi connectivity index (χ0) is 22.0. The van der Waals surface area contributed by atoms with E-state index in [1.165, 1.54) is 11.1 Å². The van der Waals surface area contributed by atoms with E-state index in [1.54, 1.807) is 0 Å². The van der Waals surface area contributed by atoms with Gasteiger partial charge in [-0.25, -0.2) is 9.07 Å². The van der Waals surface area contributed by atoms with Crippen LogP contribution in [-0.4, -0.2) is 34.1 Å². The Hall–Kier alpha value is -3.43. The maximum absolute atomic E-state index is 13.6. The lowest BCUT2D eigenvalue weighted by Gasteiger charge is -2.12. The van der Waals surface area contributed by atoms with Gasteiger partial charge in [-0.05, 0) is 66.8 Å². The highest BCUT2D eigenvalue weighted by atomic mass is 19.4. The largest absolute Gasteiger partial charge is 0.492 e. The molecule has 1 aromatic heterocycles. The number of carbonyl (C=O) groups excluding carboxylic acids is 1. The second-order valence-electron chi connectivity index (χ2n) is 7.06. The van der Waals surface area contributed by atoms with E-state index in [0.29, 0.717) is 10.4 Å². The molecule has 0 saturated carbocycles. The van der Waals surface area contributed by atoms with Gasteiger partial charge in [-0.1, -0.05) is 11.3 Å². The molecule has 31 heavy (non-hydrogen) atoms. The van der Waals surface area contributed by atoms with Crippen LogP contribution >= 0.6 is 0 Å². The Morgan fingerprint density at radius 3 is 2.58 bits per heavy atom. The highest BCUT2D eigenvalue weighted by Gasteiger charge is 2.42. The summed E-state index contributed by atoms with van der Waals surface area (Å²) in [5, 5.41) is 9.22. The third-order valence-corrected chi connectivity index (χ3v) is 4.95. The van der Waals surface area contributed by atoms with E-state index >= 15 is 0 Å². The quantitative estimate of drug-likeness (QED) is 0.474. The zero-order valence-electron chi connectivity index (χ0n) is 16.2. The molecule has 0 radical (unpaired) electrons. The average molecular weight is 434 g/mol. The zero-order valence-corrected chi connectivity index (χ0v) is 16.2. The summed E-state index contributed by atoms with van der Waals surface area (Å²) in [6.45, 7) is 0.0641. The van der Waals surface area contributed by atoms with Crippen LogP contribution in [0.3, 0.4) is 0 Å². The van der Waals surface area contributed by atoms with Crippen molar-refractivity contribution >= 4 is 5.91 Å². The lowest BCUT2D eigenvalue weighted by atomic mass is 10.1. The van der Waals surface area contributed by atoms with Crippen LogP contribution < -0.4 is 10.1 Å². The Morgan fingerprint density at radius 2 is 1.84 bits per heavy atom. The number of fused-ring (bicyclic) bond motifs is 1. The van der Waals surface area contributed by atoms with E-state index in [0.717, 1.165) is 43.5 Å². The number of nitrogens with zero attached hydrogens (tertiary/aromatic N) is 3. The molecule has 0 spiro atoms. The molecule has 1 amide bonds. The molecule has 162 valence electrons. The number of ether oxygens (including phenoxy) is 1. The van der Waals surface area contributed by atoms with E-state index in [4.69, 9.17) is 4.74 Å². The Labute approximate surface area is 174 Å². The summed E-state index contributed by atoms with van der Waals surface area (Å²) in [7, 11) is 0. The first-order valence-electron chi connectivity index (χ1n) is 9.64. The number of hydrogen-bond acceptors (Lipinski definition) is 4. The molecular weight excluding hydrogens is 416 g/mol. The van der Waals surface area contributed by atoms with Crippen LogP contribution in [0.2, 0.25) is 0 Å². The molecule has 1 aliphatic rings. The number of benzene rings is 2. The van der Waals surface area contributed by atoms with Crippen molar-refractivity contribution in [3.63, 3.8) is 0 Å². The van der Waals surface area contributed by atoms with Gasteiger partial charge in [-0.2, -0.15) is 13.2 Å². The second kappa shape index (κ2) is 8.37. The van der Waals surface area contributed by atoms with Crippen LogP contribution in [0.15, 0.2) is 42.5 Å². The summed E-state index contributed by atoms with van der Waals surface area (Å²) >= 11 is 0. The summed E-state index contributed by atoms with van der Waals surface area (Å²) in [6, 6.07) is 10.00. The molecule has 4 rings (SSSR count). The standard InChI is InChI=1S/C21H18F4N4O2/c22-15-5-7-16(8-6-15)29-19(21(23,24)25)18(27-28-29)20(30)26-10-11-31-17-9-4-13-2-1-3-14(13)12-17/h4-9,12H,1-3,10-11H2,(H,26,30). The van der Waals surface area contributed by atoms with Gasteiger partial charge in [0.1, 0.15) is 18.2 Å². The van der Waals surface area contributed by atoms with Crippen molar-refractivity contribution in [2.24, 2.45) is 0 Å². The van der Waals surface area contributed by atoms with Gasteiger partial charge in [0.15, 0.2) is 11.4 Å². The summed E-state index contributed by atoms with van der Waals surface area (Å²) in [5.74, 6) is -0.995. The minimum Gasteiger partial charge on any atom is -0.492 e. The van der Waals surface area contributed by atoms with Crippen molar-refractivity contribution in [1.29, 1.82) is 0 Å². The molecule has 0 aliphatic heterocycles. The van der Waals surface area contributed by atoms with Crippen molar-refractivity contribution in [2.75, 3.05) is 13.2 Å². The number of aryl methyl sites for hydroxylation is 2.